The van der Waals surface area contributed by atoms with Crippen LogP contribution in [-0.4, -0.2) is 43.6 Å². The molecular weight excluding hydrogens is 410 g/mol. The molecule has 0 atom stereocenters. The van der Waals surface area contributed by atoms with Gasteiger partial charge in [0.2, 0.25) is 0 Å². The molecule has 0 aromatic heterocycles. The molecule has 1 amide bonds. The fraction of sp³-hybridized carbons (Fsp3) is 0.0500. The number of hydrogen-bond donors (Lipinski definition) is 2. The highest BCUT2D eigenvalue weighted by Crippen LogP contribution is 2.36. The average Bonchev–Trinajstić information content (AvgIpc) is 2.99. The number of aromatic carboxylic acids is 1. The standard InChI is InChI=1S/C20H15N3O6S/c1-2-9-22-18(25)17(11-13-10-15(23(28)29)7-8-16(13)24)30-20(22)21-14-5-3-12(4-6-14)19(26)27/h2-8,10-11,24H,1,9H2,(H,26,27)/b17-11-,21-20?. The Hall–Kier alpha value is -3.92. The summed E-state index contributed by atoms with van der Waals surface area (Å²) in [5, 5.41) is 30.3. The van der Waals surface area contributed by atoms with E-state index < -0.39 is 16.8 Å². The Labute approximate surface area is 174 Å². The first kappa shape index (κ1) is 20.8. The number of hydrogen-bond acceptors (Lipinski definition) is 7. The number of phenolic OH excluding ortho intramolecular Hbond substituents is 1. The number of thioether (sulfide) groups is 1. The number of amidine groups is 1. The fourth-order valence-electron chi connectivity index (χ4n) is 2.58. The number of nitro groups is 1. The lowest BCUT2D eigenvalue weighted by Gasteiger charge is -2.12. The maximum Gasteiger partial charge on any atom is 0.335 e. The van der Waals surface area contributed by atoms with E-state index in [2.05, 4.69) is 11.6 Å². The predicted molar refractivity (Wildman–Crippen MR) is 113 cm³/mol. The van der Waals surface area contributed by atoms with E-state index in [1.165, 1.54) is 59.5 Å². The summed E-state index contributed by atoms with van der Waals surface area (Å²) in [6.07, 6.45) is 2.89. The van der Waals surface area contributed by atoms with Crippen LogP contribution < -0.4 is 0 Å². The van der Waals surface area contributed by atoms with Crippen molar-refractivity contribution in [2.75, 3.05) is 6.54 Å². The number of benzene rings is 2. The number of nitrogens with zero attached hydrogens (tertiary/aromatic N) is 3. The first-order valence-electron chi connectivity index (χ1n) is 8.52. The van der Waals surface area contributed by atoms with Gasteiger partial charge in [0.05, 0.1) is 21.1 Å². The van der Waals surface area contributed by atoms with Crippen LogP contribution in [0.1, 0.15) is 15.9 Å². The van der Waals surface area contributed by atoms with Crippen LogP contribution in [0.5, 0.6) is 5.75 Å². The maximum absolute atomic E-state index is 12.8. The Morgan fingerprint density at radius 3 is 2.57 bits per heavy atom. The molecule has 0 spiro atoms. The van der Waals surface area contributed by atoms with Crippen LogP contribution in [0.3, 0.4) is 0 Å². The van der Waals surface area contributed by atoms with Gasteiger partial charge in [0.15, 0.2) is 5.17 Å². The second kappa shape index (κ2) is 8.62. The SMILES string of the molecule is C=CCN1C(=O)/C(=C/c2cc([N+](=O)[O-])ccc2O)SC1=Nc1ccc(C(=O)O)cc1. The van der Waals surface area contributed by atoms with Gasteiger partial charge in [-0.25, -0.2) is 9.79 Å². The van der Waals surface area contributed by atoms with E-state index in [0.717, 1.165) is 11.8 Å². The van der Waals surface area contributed by atoms with Gasteiger partial charge in [0.25, 0.3) is 11.6 Å². The number of aliphatic imine (C=N–C) groups is 1. The summed E-state index contributed by atoms with van der Waals surface area (Å²) in [5.74, 6) is -1.66. The van der Waals surface area contributed by atoms with Crippen molar-refractivity contribution >= 4 is 46.3 Å². The number of rotatable bonds is 6. The summed E-state index contributed by atoms with van der Waals surface area (Å²) in [5.41, 5.74) is 0.471. The minimum Gasteiger partial charge on any atom is -0.507 e. The zero-order valence-electron chi connectivity index (χ0n) is 15.4. The first-order valence-corrected chi connectivity index (χ1v) is 9.33. The monoisotopic (exact) mass is 425 g/mol. The molecule has 152 valence electrons. The van der Waals surface area contributed by atoms with Gasteiger partial charge in [-0.1, -0.05) is 6.08 Å². The van der Waals surface area contributed by atoms with E-state index in [1.54, 1.807) is 0 Å². The zero-order valence-corrected chi connectivity index (χ0v) is 16.2. The maximum atomic E-state index is 12.8. The molecule has 1 aliphatic rings. The van der Waals surface area contributed by atoms with Gasteiger partial charge in [-0.15, -0.1) is 6.58 Å². The molecule has 9 nitrogen and oxygen atoms in total. The summed E-state index contributed by atoms with van der Waals surface area (Å²) in [6.45, 7) is 3.80. The molecule has 3 rings (SSSR count). The van der Waals surface area contributed by atoms with E-state index in [-0.39, 0.29) is 34.0 Å². The highest BCUT2D eigenvalue weighted by atomic mass is 32.2. The second-order valence-electron chi connectivity index (χ2n) is 6.06. The third kappa shape index (κ3) is 4.39. The largest absolute Gasteiger partial charge is 0.507 e. The van der Waals surface area contributed by atoms with Crippen LogP contribution in [0.25, 0.3) is 6.08 Å². The normalized spacial score (nSPS) is 16.3. The van der Waals surface area contributed by atoms with Crippen LogP contribution >= 0.6 is 11.8 Å². The van der Waals surface area contributed by atoms with E-state index in [9.17, 15) is 24.8 Å². The van der Waals surface area contributed by atoms with Gasteiger partial charge in [0.1, 0.15) is 5.75 Å². The van der Waals surface area contributed by atoms with Gasteiger partial charge in [-0.2, -0.15) is 0 Å². The number of non-ortho nitro benzene ring substituents is 1. The number of nitro benzene ring substituents is 1. The van der Waals surface area contributed by atoms with Crippen molar-refractivity contribution in [3.63, 3.8) is 0 Å². The summed E-state index contributed by atoms with van der Waals surface area (Å²) >= 11 is 1.03. The van der Waals surface area contributed by atoms with Gasteiger partial charge in [-0.05, 0) is 48.2 Å². The summed E-state index contributed by atoms with van der Waals surface area (Å²) < 4.78 is 0. The van der Waals surface area contributed by atoms with Crippen molar-refractivity contribution in [3.8, 4) is 5.75 Å². The molecule has 1 saturated heterocycles. The molecule has 0 radical (unpaired) electrons. The number of carbonyl (C=O) groups excluding carboxylic acids is 1. The van der Waals surface area contributed by atoms with Crippen molar-refractivity contribution in [1.29, 1.82) is 0 Å². The van der Waals surface area contributed by atoms with Crippen molar-refractivity contribution < 1.29 is 24.7 Å². The van der Waals surface area contributed by atoms with E-state index in [0.29, 0.717) is 10.9 Å². The smallest absolute Gasteiger partial charge is 0.335 e. The fourth-order valence-corrected chi connectivity index (χ4v) is 3.58. The third-order valence-electron chi connectivity index (χ3n) is 4.05. The lowest BCUT2D eigenvalue weighted by molar-refractivity contribution is -0.384. The molecule has 0 unspecified atom stereocenters. The Kier molecular flexibility index (Phi) is 5.98. The number of amides is 1. The number of carboxylic acid groups (broad SMARTS) is 1. The minimum absolute atomic E-state index is 0.110. The molecule has 0 saturated carbocycles. The molecule has 2 N–H and O–H groups in total. The lowest BCUT2D eigenvalue weighted by atomic mass is 10.1. The Morgan fingerprint density at radius 1 is 1.27 bits per heavy atom. The summed E-state index contributed by atoms with van der Waals surface area (Å²) in [6, 6.07) is 9.36. The number of carboxylic acids is 1. The summed E-state index contributed by atoms with van der Waals surface area (Å²) in [7, 11) is 0. The van der Waals surface area contributed by atoms with Gasteiger partial charge in [0, 0.05) is 24.2 Å². The molecule has 10 heteroatoms. The topological polar surface area (TPSA) is 133 Å². The Morgan fingerprint density at radius 2 is 1.97 bits per heavy atom. The quantitative estimate of drug-likeness (QED) is 0.311. The van der Waals surface area contributed by atoms with Crippen molar-refractivity contribution in [2.24, 2.45) is 4.99 Å². The molecular formula is C20H15N3O6S. The Bertz CT molecular complexity index is 1110. The van der Waals surface area contributed by atoms with Gasteiger partial charge >= 0.3 is 5.97 Å². The molecule has 2 aromatic carbocycles. The van der Waals surface area contributed by atoms with Crippen molar-refractivity contribution in [1.82, 2.24) is 4.90 Å². The van der Waals surface area contributed by atoms with Crippen LogP contribution in [-0.2, 0) is 4.79 Å². The lowest BCUT2D eigenvalue weighted by Crippen LogP contribution is -2.29. The Balaban J connectivity index is 1.97. The number of carbonyl (C=O) groups is 2. The van der Waals surface area contributed by atoms with Gasteiger partial charge in [-0.3, -0.25) is 19.8 Å². The molecule has 1 fully saturated rings. The molecule has 30 heavy (non-hydrogen) atoms. The second-order valence-corrected chi connectivity index (χ2v) is 7.07. The van der Waals surface area contributed by atoms with Gasteiger partial charge < -0.3 is 10.2 Å². The van der Waals surface area contributed by atoms with Crippen LogP contribution in [0.2, 0.25) is 0 Å². The number of aromatic hydroxyl groups is 1. The third-order valence-corrected chi connectivity index (χ3v) is 5.05. The number of phenols is 1. The highest BCUT2D eigenvalue weighted by molar-refractivity contribution is 8.18. The predicted octanol–water partition coefficient (Wildman–Crippen LogP) is 3.79. The van der Waals surface area contributed by atoms with Crippen LogP contribution in [0.15, 0.2) is 65.0 Å². The molecule has 1 aliphatic heterocycles. The summed E-state index contributed by atoms with van der Waals surface area (Å²) in [4.78, 5) is 40.1. The molecule has 2 aromatic rings. The zero-order chi connectivity index (χ0) is 21.8. The molecule has 0 bridgehead atoms. The molecule has 0 aliphatic carbocycles. The van der Waals surface area contributed by atoms with Crippen molar-refractivity contribution in [3.05, 3.63) is 81.3 Å². The van der Waals surface area contributed by atoms with Crippen LogP contribution in [0, 0.1) is 10.1 Å². The average molecular weight is 425 g/mol. The van der Waals surface area contributed by atoms with Crippen LogP contribution in [0.4, 0.5) is 11.4 Å². The van der Waals surface area contributed by atoms with E-state index in [1.807, 2.05) is 0 Å². The minimum atomic E-state index is -1.06. The highest BCUT2D eigenvalue weighted by Gasteiger charge is 2.33. The van der Waals surface area contributed by atoms with Crippen molar-refractivity contribution in [2.45, 2.75) is 0 Å². The first-order chi connectivity index (χ1) is 14.3. The van der Waals surface area contributed by atoms with E-state index >= 15 is 0 Å². The van der Waals surface area contributed by atoms with E-state index in [4.69, 9.17) is 5.11 Å². The molecule has 1 heterocycles.